The molecule has 0 saturated carbocycles. The van der Waals surface area contributed by atoms with Gasteiger partial charge in [-0.1, -0.05) is 55.5 Å². The van der Waals surface area contributed by atoms with Gasteiger partial charge in [0.05, 0.1) is 26.7 Å². The molecular formula is C28H28O4. The van der Waals surface area contributed by atoms with E-state index in [0.717, 1.165) is 44.2 Å². The van der Waals surface area contributed by atoms with Gasteiger partial charge >= 0.3 is 5.97 Å². The topological polar surface area (TPSA) is 44.8 Å². The Bertz CT molecular complexity index is 1260. The summed E-state index contributed by atoms with van der Waals surface area (Å²) >= 11 is 0. The van der Waals surface area contributed by atoms with E-state index in [1.54, 1.807) is 14.2 Å². The Morgan fingerprint density at radius 3 is 1.72 bits per heavy atom. The van der Waals surface area contributed by atoms with Crippen molar-refractivity contribution in [1.29, 1.82) is 0 Å². The van der Waals surface area contributed by atoms with Crippen LogP contribution in [0.5, 0.6) is 11.5 Å². The van der Waals surface area contributed by atoms with Crippen molar-refractivity contribution in [2.24, 2.45) is 0 Å². The van der Waals surface area contributed by atoms with Gasteiger partial charge in [0.15, 0.2) is 0 Å². The first-order valence-electron chi connectivity index (χ1n) is 10.8. The molecule has 2 atom stereocenters. The van der Waals surface area contributed by atoms with Gasteiger partial charge in [-0.05, 0) is 63.9 Å². The van der Waals surface area contributed by atoms with E-state index < -0.39 is 0 Å². The maximum atomic E-state index is 12.7. The number of fused-ring (bicyclic) bond motifs is 2. The van der Waals surface area contributed by atoms with Gasteiger partial charge in [0.25, 0.3) is 0 Å². The normalized spacial score (nSPS) is 13.0. The summed E-state index contributed by atoms with van der Waals surface area (Å²) in [4.78, 5) is 12.7. The zero-order chi connectivity index (χ0) is 22.7. The number of carbonyl (C=O) groups is 1. The Labute approximate surface area is 188 Å². The summed E-state index contributed by atoms with van der Waals surface area (Å²) < 4.78 is 16.3. The summed E-state index contributed by atoms with van der Waals surface area (Å²) in [6, 6.07) is 24.3. The van der Waals surface area contributed by atoms with Gasteiger partial charge in [0, 0.05) is 5.92 Å². The Hall–Kier alpha value is -3.53. The van der Waals surface area contributed by atoms with Crippen molar-refractivity contribution in [1.82, 2.24) is 0 Å². The van der Waals surface area contributed by atoms with Gasteiger partial charge in [-0.2, -0.15) is 0 Å². The monoisotopic (exact) mass is 428 g/mol. The molecule has 4 aromatic carbocycles. The Morgan fingerprint density at radius 2 is 1.16 bits per heavy atom. The second-order valence-corrected chi connectivity index (χ2v) is 8.20. The summed E-state index contributed by atoms with van der Waals surface area (Å²) in [5.74, 6) is 1.21. The van der Waals surface area contributed by atoms with Crippen molar-refractivity contribution in [3.63, 3.8) is 0 Å². The summed E-state index contributed by atoms with van der Waals surface area (Å²) in [5, 5.41) is 4.42. The average molecular weight is 429 g/mol. The van der Waals surface area contributed by atoms with Gasteiger partial charge < -0.3 is 14.2 Å². The lowest BCUT2D eigenvalue weighted by Crippen LogP contribution is -2.16. The summed E-state index contributed by atoms with van der Waals surface area (Å²) in [6.07, 6.45) is 0. The van der Waals surface area contributed by atoms with E-state index in [2.05, 4.69) is 25.1 Å². The summed E-state index contributed by atoms with van der Waals surface area (Å²) in [6.45, 7) is 4.31. The molecule has 0 radical (unpaired) electrons. The fourth-order valence-electron chi connectivity index (χ4n) is 3.88. The van der Waals surface area contributed by atoms with Crippen molar-refractivity contribution < 1.29 is 19.0 Å². The first-order chi connectivity index (χ1) is 15.5. The van der Waals surface area contributed by atoms with E-state index in [-0.39, 0.29) is 17.8 Å². The second-order valence-electron chi connectivity index (χ2n) is 8.20. The maximum Gasteiger partial charge on any atom is 0.313 e. The van der Waals surface area contributed by atoms with Gasteiger partial charge in [-0.15, -0.1) is 0 Å². The number of hydrogen-bond acceptors (Lipinski definition) is 4. The van der Waals surface area contributed by atoms with Crippen LogP contribution in [0.15, 0.2) is 72.8 Å². The summed E-state index contributed by atoms with van der Waals surface area (Å²) in [5.41, 5.74) is 2.09. The van der Waals surface area contributed by atoms with Crippen LogP contribution in [-0.4, -0.2) is 26.8 Å². The molecule has 0 aliphatic carbocycles. The van der Waals surface area contributed by atoms with E-state index in [9.17, 15) is 4.79 Å². The largest absolute Gasteiger partial charge is 0.497 e. The number of esters is 1. The summed E-state index contributed by atoms with van der Waals surface area (Å²) in [7, 11) is 3.33. The van der Waals surface area contributed by atoms with Crippen molar-refractivity contribution in [3.05, 3.63) is 83.9 Å². The molecule has 0 spiro atoms. The third-order valence-corrected chi connectivity index (χ3v) is 6.04. The van der Waals surface area contributed by atoms with Crippen LogP contribution < -0.4 is 9.47 Å². The number of benzene rings is 4. The molecule has 4 nitrogen and oxygen atoms in total. The smallest absolute Gasteiger partial charge is 0.313 e. The Kier molecular flexibility index (Phi) is 6.31. The van der Waals surface area contributed by atoms with Crippen molar-refractivity contribution in [3.8, 4) is 11.5 Å². The fraction of sp³-hybridized carbons (Fsp3) is 0.250. The van der Waals surface area contributed by atoms with Crippen LogP contribution in [0.3, 0.4) is 0 Å². The quantitative estimate of drug-likeness (QED) is 0.317. The standard InChI is InChI=1S/C28H28O4/c1-18(20-5-7-24-15-26(30-3)11-9-22(24)13-20)17-32-28(29)19(2)21-6-8-25-16-27(31-4)12-10-23(25)14-21/h5-16,18-19H,17H2,1-4H3/t18-,19-/m0/s1. The Morgan fingerprint density at radius 1 is 0.688 bits per heavy atom. The highest BCUT2D eigenvalue weighted by Crippen LogP contribution is 2.28. The molecule has 0 bridgehead atoms. The molecular weight excluding hydrogens is 400 g/mol. The molecule has 0 saturated heterocycles. The second kappa shape index (κ2) is 9.31. The zero-order valence-electron chi connectivity index (χ0n) is 18.9. The molecule has 0 aliphatic heterocycles. The highest BCUT2D eigenvalue weighted by Gasteiger charge is 2.19. The number of ether oxygens (including phenoxy) is 3. The van der Waals surface area contributed by atoms with Gasteiger partial charge in [-0.25, -0.2) is 0 Å². The lowest BCUT2D eigenvalue weighted by atomic mass is 9.97. The van der Waals surface area contributed by atoms with Gasteiger partial charge in [0.2, 0.25) is 0 Å². The molecule has 0 N–H and O–H groups in total. The van der Waals surface area contributed by atoms with E-state index in [1.807, 2.05) is 61.5 Å². The van der Waals surface area contributed by atoms with Crippen LogP contribution in [-0.2, 0) is 9.53 Å². The molecule has 0 amide bonds. The molecule has 4 rings (SSSR count). The minimum absolute atomic E-state index is 0.0988. The van der Waals surface area contributed by atoms with Gasteiger partial charge in [0.1, 0.15) is 11.5 Å². The average Bonchev–Trinajstić information content (AvgIpc) is 2.85. The van der Waals surface area contributed by atoms with Crippen LogP contribution in [0.1, 0.15) is 36.8 Å². The third kappa shape index (κ3) is 4.54. The predicted molar refractivity (Wildman–Crippen MR) is 129 cm³/mol. The molecule has 0 unspecified atom stereocenters. The predicted octanol–water partition coefficient (Wildman–Crippen LogP) is 6.46. The van der Waals surface area contributed by atoms with Crippen LogP contribution >= 0.6 is 0 Å². The SMILES string of the molecule is COc1ccc2cc([C@H](C)C(=O)OC[C@H](C)c3ccc4cc(OC)ccc4c3)ccc2c1. The van der Waals surface area contributed by atoms with Gasteiger partial charge in [-0.3, -0.25) is 4.79 Å². The lowest BCUT2D eigenvalue weighted by Gasteiger charge is -2.17. The zero-order valence-corrected chi connectivity index (χ0v) is 18.9. The number of hydrogen-bond donors (Lipinski definition) is 0. The molecule has 0 aliphatic rings. The highest BCUT2D eigenvalue weighted by atomic mass is 16.5. The van der Waals surface area contributed by atoms with Crippen molar-refractivity contribution in [2.45, 2.75) is 25.7 Å². The van der Waals surface area contributed by atoms with Crippen molar-refractivity contribution in [2.75, 3.05) is 20.8 Å². The minimum atomic E-state index is -0.335. The van der Waals surface area contributed by atoms with E-state index >= 15 is 0 Å². The van der Waals surface area contributed by atoms with Crippen molar-refractivity contribution >= 4 is 27.5 Å². The maximum absolute atomic E-state index is 12.7. The fourth-order valence-corrected chi connectivity index (χ4v) is 3.88. The van der Waals surface area contributed by atoms with E-state index in [1.165, 1.54) is 0 Å². The third-order valence-electron chi connectivity index (χ3n) is 6.04. The minimum Gasteiger partial charge on any atom is -0.497 e. The number of carbonyl (C=O) groups excluding carboxylic acids is 1. The van der Waals surface area contributed by atoms with E-state index in [4.69, 9.17) is 14.2 Å². The van der Waals surface area contributed by atoms with Crippen LogP contribution in [0, 0.1) is 0 Å². The Balaban J connectivity index is 1.42. The molecule has 32 heavy (non-hydrogen) atoms. The first kappa shape index (κ1) is 21.7. The number of methoxy groups -OCH3 is 2. The first-order valence-corrected chi connectivity index (χ1v) is 10.8. The molecule has 0 fully saturated rings. The molecule has 0 heterocycles. The molecule has 4 heteroatoms. The number of rotatable bonds is 7. The molecule has 0 aromatic heterocycles. The van der Waals surface area contributed by atoms with Crippen LogP contribution in [0.2, 0.25) is 0 Å². The van der Waals surface area contributed by atoms with E-state index in [0.29, 0.717) is 6.61 Å². The van der Waals surface area contributed by atoms with Crippen LogP contribution in [0.25, 0.3) is 21.5 Å². The lowest BCUT2D eigenvalue weighted by molar-refractivity contribution is -0.145. The molecule has 164 valence electrons. The molecule has 4 aromatic rings. The highest BCUT2D eigenvalue weighted by molar-refractivity contribution is 5.87. The van der Waals surface area contributed by atoms with Crippen LogP contribution in [0.4, 0.5) is 0 Å².